The lowest BCUT2D eigenvalue weighted by atomic mass is 10.0. The molecular weight excluding hydrogens is 352 g/mol. The molecule has 0 amide bonds. The molecule has 1 aromatic rings. The van der Waals surface area contributed by atoms with Crippen molar-refractivity contribution in [3.05, 3.63) is 53.1 Å². The molecule has 28 heavy (non-hydrogen) atoms. The fraction of sp³-hybridized carbons (Fsp3) is 0.630. The van der Waals surface area contributed by atoms with Crippen LogP contribution in [0.4, 0.5) is 0 Å². The molecule has 1 atom stereocenters. The van der Waals surface area contributed by atoms with E-state index in [1.165, 1.54) is 69.8 Å². The van der Waals surface area contributed by atoms with Crippen LogP contribution in [0, 0.1) is 0 Å². The van der Waals surface area contributed by atoms with E-state index in [1.54, 1.807) is 16.3 Å². The van der Waals surface area contributed by atoms with Gasteiger partial charge in [0.1, 0.15) is 0 Å². The molecule has 1 aliphatic rings. The van der Waals surface area contributed by atoms with Gasteiger partial charge in [0, 0.05) is 0 Å². The number of unbranched alkanes of at least 4 members (excludes halogenated alkanes) is 6. The SMILES string of the molecule is CCCCCCc1cc(CCCCCC)cc([Si](C)(C)C2C=CC(CC)=C2)c1. The van der Waals surface area contributed by atoms with Crippen LogP contribution in [0.1, 0.15) is 89.7 Å². The molecule has 1 unspecified atom stereocenters. The van der Waals surface area contributed by atoms with Crippen LogP contribution in [0.5, 0.6) is 0 Å². The van der Waals surface area contributed by atoms with Crippen LogP contribution in [0.15, 0.2) is 42.0 Å². The van der Waals surface area contributed by atoms with Crippen molar-refractivity contribution < 1.29 is 0 Å². The Balaban J connectivity index is 2.20. The first-order valence-electron chi connectivity index (χ1n) is 12.0. The van der Waals surface area contributed by atoms with Crippen molar-refractivity contribution in [2.24, 2.45) is 0 Å². The van der Waals surface area contributed by atoms with Crippen molar-refractivity contribution in [2.75, 3.05) is 0 Å². The standard InChI is InChI=1S/C27H44Si/c1-6-9-11-13-15-24-19-25(16-14-12-10-7-2)22-27(21-24)28(4,5)26-18-17-23(8-3)20-26/h17-22,26H,6-16H2,1-5H3. The van der Waals surface area contributed by atoms with Gasteiger partial charge in [0.15, 0.2) is 0 Å². The summed E-state index contributed by atoms with van der Waals surface area (Å²) in [4.78, 5) is 0. The second kappa shape index (κ2) is 11.8. The average Bonchev–Trinajstić information content (AvgIpc) is 3.19. The van der Waals surface area contributed by atoms with Crippen molar-refractivity contribution in [1.82, 2.24) is 0 Å². The van der Waals surface area contributed by atoms with Gasteiger partial charge >= 0.3 is 0 Å². The van der Waals surface area contributed by atoms with Gasteiger partial charge < -0.3 is 0 Å². The van der Waals surface area contributed by atoms with Gasteiger partial charge in [-0.1, -0.05) is 120 Å². The van der Waals surface area contributed by atoms with Gasteiger partial charge in [-0.2, -0.15) is 0 Å². The highest BCUT2D eigenvalue weighted by atomic mass is 28.3. The fourth-order valence-corrected chi connectivity index (χ4v) is 7.09. The summed E-state index contributed by atoms with van der Waals surface area (Å²) in [6.45, 7) is 12.0. The summed E-state index contributed by atoms with van der Waals surface area (Å²) >= 11 is 0. The van der Waals surface area contributed by atoms with Gasteiger partial charge in [-0.3, -0.25) is 0 Å². The minimum absolute atomic E-state index is 0.658. The van der Waals surface area contributed by atoms with Crippen LogP contribution in [0.3, 0.4) is 0 Å². The monoisotopic (exact) mass is 396 g/mol. The van der Waals surface area contributed by atoms with E-state index in [-0.39, 0.29) is 0 Å². The summed E-state index contributed by atoms with van der Waals surface area (Å²) in [5.41, 5.74) is 5.38. The van der Waals surface area contributed by atoms with Crippen LogP contribution < -0.4 is 5.19 Å². The lowest BCUT2D eigenvalue weighted by Crippen LogP contribution is -2.45. The average molecular weight is 397 g/mol. The number of rotatable bonds is 13. The molecule has 0 fully saturated rings. The minimum Gasteiger partial charge on any atom is -0.0797 e. The summed E-state index contributed by atoms with van der Waals surface area (Å²) in [6.07, 6.45) is 21.9. The zero-order chi connectivity index (χ0) is 20.4. The largest absolute Gasteiger partial charge is 0.0912 e. The van der Waals surface area contributed by atoms with Gasteiger partial charge in [0.25, 0.3) is 0 Å². The molecule has 2 rings (SSSR count). The van der Waals surface area contributed by atoms with Crippen LogP contribution in [-0.4, -0.2) is 8.07 Å². The Hall–Kier alpha value is -1.08. The van der Waals surface area contributed by atoms with Gasteiger partial charge in [-0.25, -0.2) is 0 Å². The Morgan fingerprint density at radius 1 is 0.750 bits per heavy atom. The van der Waals surface area contributed by atoms with Crippen molar-refractivity contribution in [1.29, 1.82) is 0 Å². The summed E-state index contributed by atoms with van der Waals surface area (Å²) in [5, 5.41) is 1.68. The third kappa shape index (κ3) is 6.76. The molecule has 0 saturated heterocycles. The van der Waals surface area contributed by atoms with E-state index in [0.29, 0.717) is 5.54 Å². The fourth-order valence-electron chi connectivity index (χ4n) is 4.38. The van der Waals surface area contributed by atoms with Crippen LogP contribution in [0.25, 0.3) is 0 Å². The topological polar surface area (TPSA) is 0 Å². The highest BCUT2D eigenvalue weighted by Gasteiger charge is 2.32. The van der Waals surface area contributed by atoms with E-state index in [1.807, 2.05) is 0 Å². The normalized spacial score (nSPS) is 16.6. The number of aryl methyl sites for hydroxylation is 2. The second-order valence-electron chi connectivity index (χ2n) is 9.36. The van der Waals surface area contributed by atoms with E-state index in [4.69, 9.17) is 0 Å². The second-order valence-corrected chi connectivity index (χ2v) is 14.0. The molecule has 1 aliphatic carbocycles. The van der Waals surface area contributed by atoms with Gasteiger partial charge in [0.05, 0.1) is 8.07 Å². The molecular formula is C27H44Si. The highest BCUT2D eigenvalue weighted by Crippen LogP contribution is 2.32. The quantitative estimate of drug-likeness (QED) is 0.233. The first kappa shape index (κ1) is 23.2. The maximum absolute atomic E-state index is 2.58. The predicted molar refractivity (Wildman–Crippen MR) is 131 cm³/mol. The third-order valence-electron chi connectivity index (χ3n) is 6.59. The minimum atomic E-state index is -1.54. The summed E-state index contributed by atoms with van der Waals surface area (Å²) in [6, 6.07) is 7.70. The van der Waals surface area contributed by atoms with Gasteiger partial charge in [-0.15, -0.1) is 0 Å². The Morgan fingerprint density at radius 3 is 1.79 bits per heavy atom. The first-order valence-corrected chi connectivity index (χ1v) is 15.1. The molecule has 0 aromatic heterocycles. The zero-order valence-corrected chi connectivity index (χ0v) is 20.3. The van der Waals surface area contributed by atoms with Crippen molar-refractivity contribution in [3.63, 3.8) is 0 Å². The van der Waals surface area contributed by atoms with Crippen LogP contribution in [0.2, 0.25) is 18.6 Å². The molecule has 0 nitrogen and oxygen atoms in total. The molecule has 156 valence electrons. The molecule has 0 spiro atoms. The number of allylic oxidation sites excluding steroid dienone is 4. The molecule has 0 bridgehead atoms. The van der Waals surface area contributed by atoms with E-state index < -0.39 is 8.07 Å². The molecule has 0 saturated carbocycles. The van der Waals surface area contributed by atoms with Crippen molar-refractivity contribution in [2.45, 2.75) is 110 Å². The van der Waals surface area contributed by atoms with E-state index >= 15 is 0 Å². The number of hydrogen-bond acceptors (Lipinski definition) is 0. The van der Waals surface area contributed by atoms with Gasteiger partial charge in [-0.05, 0) is 48.8 Å². The Bertz CT molecular complexity index is 620. The number of hydrogen-bond donors (Lipinski definition) is 0. The van der Waals surface area contributed by atoms with E-state index in [0.717, 1.165) is 6.42 Å². The molecule has 0 radical (unpaired) electrons. The van der Waals surface area contributed by atoms with Crippen molar-refractivity contribution >= 4 is 13.3 Å². The maximum Gasteiger partial charge on any atom is 0.0912 e. The Morgan fingerprint density at radius 2 is 1.32 bits per heavy atom. The molecule has 1 heteroatoms. The first-order chi connectivity index (χ1) is 13.5. The van der Waals surface area contributed by atoms with Crippen LogP contribution >= 0.6 is 0 Å². The maximum atomic E-state index is 2.58. The smallest absolute Gasteiger partial charge is 0.0797 e. The molecule has 0 N–H and O–H groups in total. The summed E-state index contributed by atoms with van der Waals surface area (Å²) in [7, 11) is -1.54. The molecule has 1 aromatic carbocycles. The zero-order valence-electron chi connectivity index (χ0n) is 19.3. The summed E-state index contributed by atoms with van der Waals surface area (Å²) < 4.78 is 0. The van der Waals surface area contributed by atoms with E-state index in [2.05, 4.69) is 70.3 Å². The Kier molecular flexibility index (Phi) is 9.78. The lowest BCUT2D eigenvalue weighted by Gasteiger charge is -2.29. The lowest BCUT2D eigenvalue weighted by molar-refractivity contribution is 0.661. The summed E-state index contributed by atoms with van der Waals surface area (Å²) in [5.74, 6) is 0. The highest BCUT2D eigenvalue weighted by molar-refractivity contribution is 6.91. The van der Waals surface area contributed by atoms with E-state index in [9.17, 15) is 0 Å². The van der Waals surface area contributed by atoms with Gasteiger partial charge in [0.2, 0.25) is 0 Å². The number of benzene rings is 1. The van der Waals surface area contributed by atoms with Crippen molar-refractivity contribution in [3.8, 4) is 0 Å². The molecule has 0 heterocycles. The van der Waals surface area contributed by atoms with Crippen LogP contribution in [-0.2, 0) is 12.8 Å². The molecule has 0 aliphatic heterocycles. The predicted octanol–water partition coefficient (Wildman–Crippen LogP) is 8.12. The third-order valence-corrected chi connectivity index (χ3v) is 10.4. The Labute approximate surface area is 176 Å².